The molecule has 2 N–H and O–H groups in total. The van der Waals surface area contributed by atoms with E-state index in [9.17, 15) is 4.79 Å². The lowest BCUT2D eigenvalue weighted by Crippen LogP contribution is -2.32. The van der Waals surface area contributed by atoms with Crippen LogP contribution in [0, 0.1) is 0 Å². The minimum Gasteiger partial charge on any atom is -0.493 e. The van der Waals surface area contributed by atoms with Crippen molar-refractivity contribution in [3.05, 3.63) is 53.6 Å². The molecule has 2 aromatic carbocycles. The van der Waals surface area contributed by atoms with Crippen molar-refractivity contribution in [2.75, 3.05) is 19.2 Å². The smallest absolute Gasteiger partial charge is 0.321 e. The molecule has 0 aliphatic rings. The quantitative estimate of drug-likeness (QED) is 0.831. The molecule has 0 saturated heterocycles. The van der Waals surface area contributed by atoms with Gasteiger partial charge in [-0.1, -0.05) is 23.7 Å². The molecule has 0 fully saturated rings. The van der Waals surface area contributed by atoms with Gasteiger partial charge < -0.3 is 20.1 Å². The van der Waals surface area contributed by atoms with E-state index in [1.807, 2.05) is 12.1 Å². The van der Waals surface area contributed by atoms with Crippen molar-refractivity contribution in [2.45, 2.75) is 0 Å². The monoisotopic (exact) mass is 306 g/mol. The summed E-state index contributed by atoms with van der Waals surface area (Å²) in [6.45, 7) is 0.0276. The zero-order valence-corrected chi connectivity index (χ0v) is 12.2. The number of carbonyl (C=O) groups is 1. The predicted octanol–water partition coefficient (Wildman–Crippen LogP) is 3.51. The fourth-order valence-electron chi connectivity index (χ4n) is 1.63. The number of para-hydroxylation sites is 2. The van der Waals surface area contributed by atoms with Crippen molar-refractivity contribution in [2.24, 2.45) is 0 Å². The zero-order chi connectivity index (χ0) is 15.1. The Morgan fingerprint density at radius 2 is 1.76 bits per heavy atom. The van der Waals surface area contributed by atoms with Crippen LogP contribution in [0.1, 0.15) is 0 Å². The summed E-state index contributed by atoms with van der Waals surface area (Å²) in [6.07, 6.45) is 0. The Labute approximate surface area is 127 Å². The molecule has 0 spiro atoms. The maximum Gasteiger partial charge on any atom is 0.321 e. The normalized spacial score (nSPS) is 9.81. The second kappa shape index (κ2) is 7.40. The van der Waals surface area contributed by atoms with Gasteiger partial charge in [-0.15, -0.1) is 0 Å². The zero-order valence-electron chi connectivity index (χ0n) is 11.4. The van der Waals surface area contributed by atoms with Gasteiger partial charge in [0.05, 0.1) is 7.11 Å². The van der Waals surface area contributed by atoms with E-state index in [1.54, 1.807) is 43.5 Å². The molecule has 0 aliphatic carbocycles. The van der Waals surface area contributed by atoms with E-state index in [0.717, 1.165) is 0 Å². The van der Waals surface area contributed by atoms with Gasteiger partial charge in [-0.25, -0.2) is 4.79 Å². The van der Waals surface area contributed by atoms with Crippen molar-refractivity contribution in [1.29, 1.82) is 0 Å². The minimum absolute atomic E-state index is 0.0276. The summed E-state index contributed by atoms with van der Waals surface area (Å²) in [6, 6.07) is 13.7. The molecule has 0 aromatic heterocycles. The molecule has 0 saturated carbocycles. The molecule has 2 rings (SSSR count). The molecular weight excluding hydrogens is 292 g/mol. The van der Waals surface area contributed by atoms with E-state index in [0.29, 0.717) is 22.2 Å². The summed E-state index contributed by atoms with van der Waals surface area (Å²) in [5, 5.41) is 5.86. The summed E-state index contributed by atoms with van der Waals surface area (Å²) >= 11 is 5.77. The number of halogens is 1. The van der Waals surface area contributed by atoms with Crippen LogP contribution in [0.15, 0.2) is 48.5 Å². The molecule has 0 aliphatic heterocycles. The lowest BCUT2D eigenvalue weighted by molar-refractivity contribution is 0.231. The Morgan fingerprint density at radius 3 is 2.43 bits per heavy atom. The van der Waals surface area contributed by atoms with Crippen LogP contribution in [-0.4, -0.2) is 19.9 Å². The number of methoxy groups -OCH3 is 1. The topological polar surface area (TPSA) is 59.6 Å². The molecule has 0 heterocycles. The SMILES string of the molecule is COc1ccccc1OCNC(=O)Nc1ccc(Cl)cc1. The van der Waals surface area contributed by atoms with E-state index < -0.39 is 0 Å². The maximum absolute atomic E-state index is 11.7. The second-order valence-corrected chi connectivity index (χ2v) is 4.51. The van der Waals surface area contributed by atoms with Gasteiger partial charge in [0.15, 0.2) is 18.2 Å². The summed E-state index contributed by atoms with van der Waals surface area (Å²) in [5.74, 6) is 1.17. The highest BCUT2D eigenvalue weighted by Crippen LogP contribution is 2.25. The number of urea groups is 1. The number of carbonyl (C=O) groups excluding carboxylic acids is 1. The number of benzene rings is 2. The molecule has 2 amide bonds. The Bertz CT molecular complexity index is 602. The van der Waals surface area contributed by atoms with Crippen LogP contribution in [0.3, 0.4) is 0 Å². The number of hydrogen-bond donors (Lipinski definition) is 2. The first-order chi connectivity index (χ1) is 10.2. The summed E-state index contributed by atoms with van der Waals surface area (Å²) in [7, 11) is 1.56. The van der Waals surface area contributed by atoms with E-state index in [-0.39, 0.29) is 12.8 Å². The van der Waals surface area contributed by atoms with Crippen LogP contribution in [0.5, 0.6) is 11.5 Å². The third-order valence-electron chi connectivity index (χ3n) is 2.63. The van der Waals surface area contributed by atoms with Gasteiger partial charge in [0, 0.05) is 10.7 Å². The average Bonchev–Trinajstić information content (AvgIpc) is 2.50. The molecule has 0 radical (unpaired) electrons. The molecular formula is C15H15ClN2O3. The Balaban J connectivity index is 1.80. The first kappa shape index (κ1) is 15.0. The highest BCUT2D eigenvalue weighted by atomic mass is 35.5. The van der Waals surface area contributed by atoms with E-state index in [2.05, 4.69) is 10.6 Å². The van der Waals surface area contributed by atoms with Crippen LogP contribution < -0.4 is 20.1 Å². The first-order valence-electron chi connectivity index (χ1n) is 6.25. The minimum atomic E-state index is -0.368. The number of ether oxygens (including phenoxy) is 2. The Kier molecular flexibility index (Phi) is 5.29. The molecule has 0 unspecified atom stereocenters. The number of hydrogen-bond acceptors (Lipinski definition) is 3. The molecule has 0 bridgehead atoms. The predicted molar refractivity (Wildman–Crippen MR) is 82.1 cm³/mol. The fraction of sp³-hybridized carbons (Fsp3) is 0.133. The summed E-state index contributed by atoms with van der Waals surface area (Å²) < 4.78 is 10.6. The van der Waals surface area contributed by atoms with E-state index in [1.165, 1.54) is 0 Å². The maximum atomic E-state index is 11.7. The lowest BCUT2D eigenvalue weighted by atomic mass is 10.3. The van der Waals surface area contributed by atoms with Gasteiger partial charge in [-0.3, -0.25) is 0 Å². The number of rotatable bonds is 5. The summed E-state index contributed by atoms with van der Waals surface area (Å²) in [4.78, 5) is 11.7. The van der Waals surface area contributed by atoms with E-state index >= 15 is 0 Å². The van der Waals surface area contributed by atoms with Gasteiger partial charge in [0.2, 0.25) is 0 Å². The third kappa shape index (κ3) is 4.57. The van der Waals surface area contributed by atoms with Crippen molar-refractivity contribution in [3.63, 3.8) is 0 Å². The fourth-order valence-corrected chi connectivity index (χ4v) is 1.75. The van der Waals surface area contributed by atoms with Crippen molar-refractivity contribution in [1.82, 2.24) is 5.32 Å². The van der Waals surface area contributed by atoms with Crippen molar-refractivity contribution in [3.8, 4) is 11.5 Å². The molecule has 0 atom stereocenters. The lowest BCUT2D eigenvalue weighted by Gasteiger charge is -2.11. The van der Waals surface area contributed by atoms with E-state index in [4.69, 9.17) is 21.1 Å². The number of amides is 2. The van der Waals surface area contributed by atoms with Gasteiger partial charge in [-0.05, 0) is 36.4 Å². The van der Waals surface area contributed by atoms with Crippen LogP contribution in [0.4, 0.5) is 10.5 Å². The first-order valence-corrected chi connectivity index (χ1v) is 6.63. The summed E-state index contributed by atoms with van der Waals surface area (Å²) in [5.41, 5.74) is 0.647. The third-order valence-corrected chi connectivity index (χ3v) is 2.88. The van der Waals surface area contributed by atoms with Crippen molar-refractivity contribution >= 4 is 23.3 Å². The molecule has 5 nitrogen and oxygen atoms in total. The standard InChI is InChI=1S/C15H15ClN2O3/c1-20-13-4-2-3-5-14(13)21-10-17-15(19)18-12-8-6-11(16)7-9-12/h2-9H,10H2,1H3,(H2,17,18,19). The van der Waals surface area contributed by atoms with Crippen LogP contribution >= 0.6 is 11.6 Å². The van der Waals surface area contributed by atoms with Gasteiger partial charge >= 0.3 is 6.03 Å². The van der Waals surface area contributed by atoms with Crippen LogP contribution in [-0.2, 0) is 0 Å². The molecule has 21 heavy (non-hydrogen) atoms. The largest absolute Gasteiger partial charge is 0.493 e. The average molecular weight is 307 g/mol. The Hall–Kier alpha value is -2.40. The molecule has 110 valence electrons. The number of nitrogens with one attached hydrogen (secondary N) is 2. The van der Waals surface area contributed by atoms with Crippen molar-refractivity contribution < 1.29 is 14.3 Å². The highest BCUT2D eigenvalue weighted by molar-refractivity contribution is 6.30. The molecule has 2 aromatic rings. The second-order valence-electron chi connectivity index (χ2n) is 4.08. The Morgan fingerprint density at radius 1 is 1.10 bits per heavy atom. The van der Waals surface area contributed by atoms with Gasteiger partial charge in [0.25, 0.3) is 0 Å². The van der Waals surface area contributed by atoms with Crippen LogP contribution in [0.25, 0.3) is 0 Å². The van der Waals surface area contributed by atoms with Gasteiger partial charge in [-0.2, -0.15) is 0 Å². The van der Waals surface area contributed by atoms with Crippen LogP contribution in [0.2, 0.25) is 5.02 Å². The van der Waals surface area contributed by atoms with Gasteiger partial charge in [0.1, 0.15) is 0 Å². The molecule has 6 heteroatoms. The number of anilines is 1. The highest BCUT2D eigenvalue weighted by Gasteiger charge is 2.04.